The lowest BCUT2D eigenvalue weighted by Gasteiger charge is -2.39. The molecule has 8 N–H and O–H groups in total. The van der Waals surface area contributed by atoms with Crippen molar-refractivity contribution in [2.24, 2.45) is 22.6 Å². The summed E-state index contributed by atoms with van der Waals surface area (Å²) in [5.74, 6) is -5.86. The van der Waals surface area contributed by atoms with Crippen LogP contribution in [0.1, 0.15) is 196 Å². The van der Waals surface area contributed by atoms with Crippen LogP contribution in [0.3, 0.4) is 0 Å². The summed E-state index contributed by atoms with van der Waals surface area (Å²) in [6, 6.07) is 11.9. The molecule has 0 unspecified atom stereocenters. The van der Waals surface area contributed by atoms with Gasteiger partial charge in [0.2, 0.25) is 52.5 Å². The van der Waals surface area contributed by atoms with Crippen LogP contribution in [0.4, 0.5) is 73.9 Å². The lowest BCUT2D eigenvalue weighted by Crippen LogP contribution is -2.57. The van der Waals surface area contributed by atoms with Crippen molar-refractivity contribution < 1.29 is 83.1 Å². The van der Waals surface area contributed by atoms with Crippen molar-refractivity contribution in [1.29, 1.82) is 0 Å². The number of halogens is 10. The number of aromatic nitrogens is 14. The third kappa shape index (κ3) is 33.3. The third-order valence-corrected chi connectivity index (χ3v) is 21.7. The fraction of sp³-hybridized carbons (Fsp3) is 0.628. The average Bonchev–Trinajstić information content (AvgIpc) is 1.07. The number of nitrogens with zero attached hydrogens (tertiary/aromatic N) is 18. The number of nitrogens with one attached hydrogen (secondary N) is 5. The molecule has 8 fully saturated rings. The lowest BCUT2D eigenvalue weighted by atomic mass is 9.92. The summed E-state index contributed by atoms with van der Waals surface area (Å²) in [6.07, 6.45) is 9.04. The number of β-amino-alcohol motifs (C(OH)–C–C–N with tert-alkyl or cyclic N) is 1. The second kappa shape index (κ2) is 44.5. The maximum Gasteiger partial charge on any atom is 0.410 e. The average molecular weight is 1870 g/mol. The van der Waals surface area contributed by atoms with E-state index in [4.69, 9.17) is 57.7 Å². The number of rotatable bonds is 21. The predicted octanol–water partition coefficient (Wildman–Crippen LogP) is 15.2. The summed E-state index contributed by atoms with van der Waals surface area (Å²) in [5.41, 5.74) is 7.69. The number of nitrogens with two attached hydrogens (primary N) is 1. The number of aliphatic hydroxyl groups excluding tert-OH is 1. The number of aliphatic hydroxyl groups is 1. The van der Waals surface area contributed by atoms with Crippen molar-refractivity contribution in [3.63, 3.8) is 0 Å². The smallest absolute Gasteiger partial charge is 0.410 e. The van der Waals surface area contributed by atoms with E-state index in [1.54, 1.807) is 88.9 Å². The van der Waals surface area contributed by atoms with E-state index in [-0.39, 0.29) is 146 Å². The summed E-state index contributed by atoms with van der Waals surface area (Å²) in [5, 5.41) is 37.9. The van der Waals surface area contributed by atoms with Crippen molar-refractivity contribution in [1.82, 2.24) is 89.2 Å². The van der Waals surface area contributed by atoms with Crippen molar-refractivity contribution >= 4 is 82.0 Å². The van der Waals surface area contributed by atoms with E-state index in [0.29, 0.717) is 149 Å². The largest absolute Gasteiger partial charge is 0.471 e. The highest BCUT2D eigenvalue weighted by Crippen LogP contribution is 2.39. The maximum atomic E-state index is 13.5. The summed E-state index contributed by atoms with van der Waals surface area (Å²) >= 11 is 11.0. The van der Waals surface area contributed by atoms with Crippen LogP contribution in [0.15, 0.2) is 77.8 Å². The van der Waals surface area contributed by atoms with Gasteiger partial charge in [0, 0.05) is 155 Å². The van der Waals surface area contributed by atoms with Crippen LogP contribution < -0.4 is 46.5 Å². The number of hydrogen-bond donors (Lipinski definition) is 7. The molecule has 0 atom stereocenters. The third-order valence-electron chi connectivity index (χ3n) is 21.1. The number of hydrogen-bond acceptors (Lipinski definition) is 28. The number of likely N-dealkylation sites (tertiary alicyclic amines) is 3. The Morgan fingerprint density at radius 3 is 1.13 bits per heavy atom. The number of aliphatic imine (C=N–C) groups is 1. The van der Waals surface area contributed by atoms with Crippen LogP contribution >= 0.6 is 23.2 Å². The Morgan fingerprint density at radius 1 is 0.500 bits per heavy atom. The molecule has 11 heterocycles. The topological polar surface area (TPSA) is 399 Å². The molecule has 4 saturated heterocycles. The SMILES string of the molecule is CC(C)(C)OC(=O)N1CC(O)C1.CC(C)C(=O)Cl.CC(N)=CC=Nc1nc(NC2CCC(F)(F)CC2)cc(OC2CN(C(=O)OC(C)(C)C)C2)n1.Cc1ccn(-c2nc(Cl)cc(NC3CCC(F)(F)CC3)n2)n1.Cc1ccn(-c2nc(NC3CCC(F)(F)CC3)cc(OC3CN(C(=O)C(C)C)C3)n2)n1.Cc1ccn(-c2nc(NC3CCC(F)(F)CC3)cc(OC3CNC3)n2)n1. The minimum Gasteiger partial charge on any atom is -0.471 e. The van der Waals surface area contributed by atoms with Crippen molar-refractivity contribution in [2.75, 3.05) is 73.6 Å². The van der Waals surface area contributed by atoms with Crippen molar-refractivity contribution in [3.8, 4) is 35.5 Å². The molecule has 8 aliphatic rings. The van der Waals surface area contributed by atoms with Gasteiger partial charge in [-0.3, -0.25) is 9.59 Å². The molecule has 7 aromatic heterocycles. The molecule has 3 amide bonds. The molecule has 15 rings (SSSR count). The number of aryl methyl sites for hydroxylation is 3. The van der Waals surface area contributed by atoms with Crippen LogP contribution in [-0.4, -0.2) is 254 Å². The minimum absolute atomic E-state index is 0.0216. The summed E-state index contributed by atoms with van der Waals surface area (Å²) < 4.78 is 140. The zero-order valence-corrected chi connectivity index (χ0v) is 77.2. The van der Waals surface area contributed by atoms with Crippen molar-refractivity contribution in [3.05, 3.63) is 95.1 Å². The Morgan fingerprint density at radius 2 is 0.823 bits per heavy atom. The van der Waals surface area contributed by atoms with Gasteiger partial charge < -0.3 is 75.8 Å². The van der Waals surface area contributed by atoms with Gasteiger partial charge in [0.25, 0.3) is 23.8 Å². The molecule has 7 aromatic rings. The van der Waals surface area contributed by atoms with E-state index >= 15 is 0 Å². The van der Waals surface area contributed by atoms with Crippen molar-refractivity contribution in [2.45, 2.75) is 283 Å². The van der Waals surface area contributed by atoms with Gasteiger partial charge >= 0.3 is 12.2 Å². The summed E-state index contributed by atoms with van der Waals surface area (Å²) in [6.45, 7) is 29.6. The molecular formula is C86H120Cl2F8N24O10. The lowest BCUT2D eigenvalue weighted by molar-refractivity contribution is -0.143. The molecule has 4 aliphatic carbocycles. The molecular weight excluding hydrogens is 1750 g/mol. The van der Waals surface area contributed by atoms with E-state index < -0.39 is 41.0 Å². The number of ether oxygens (including phenoxy) is 5. The Labute approximate surface area is 760 Å². The van der Waals surface area contributed by atoms with E-state index in [2.05, 4.69) is 86.7 Å². The number of carbonyl (C=O) groups excluding carboxylic acids is 4. The Kier molecular flexibility index (Phi) is 34.8. The standard InChI is InChI=1S/C22H32F2N6O3.C21H28F2N6O2.C17H22F2N6O.C14H16ClF2N5.C8H15NO3.C4H7ClO/c1-14(25)7-10-26-19-28-17(27-15-5-8-22(23,24)9-6-15)11-18(29-19)32-16-12-30(13-16)20(31)33-21(2,3)4;1-13(2)19(30)28-11-16(12-28)31-18-10-17(24-15-4-7-21(22,23)8-5-15)25-20(26-18)29-9-6-14(3)27-29;1-11-4-7-25(24-11)16-22-14(8-15(23-16)26-13-9-20-10-13)21-12-2-5-17(18,19)6-3-12;1-9-4-7-22(21-9)13-19-11(15)8-12(20-13)18-10-2-5-14(16,17)6-3-10;1-8(2,3)12-7(11)9-4-6(10)5-9;1-3(2)4(5)6/h7,10-11,15-16H,5-6,8-9,12-13,25H2,1-4H3,(H,27,28,29);6,9-10,13,15-16H,4-5,7-8,11-12H2,1-3H3,(H,24,25,26);4,7-8,12-13,20H,2-3,5-6,9-10H2,1H3,(H,21,22,23);4,7-8,10H,2-3,5-6H2,1H3,(H,18,19,20);6,10H,4-5H2,1-3H3;3H,1-2H3. The molecule has 714 valence electrons. The van der Waals surface area contributed by atoms with Gasteiger partial charge in [0.05, 0.1) is 62.5 Å². The molecule has 44 heteroatoms. The van der Waals surface area contributed by atoms with Gasteiger partial charge in [-0.1, -0.05) is 39.3 Å². The number of carbonyl (C=O) groups is 4. The molecule has 130 heavy (non-hydrogen) atoms. The first kappa shape index (κ1) is 102. The molecule has 0 bridgehead atoms. The number of anilines is 4. The minimum atomic E-state index is -2.61. The van der Waals surface area contributed by atoms with E-state index in [0.717, 1.165) is 30.2 Å². The highest BCUT2D eigenvalue weighted by atomic mass is 35.5. The van der Waals surface area contributed by atoms with Gasteiger partial charge in [-0.15, -0.1) is 0 Å². The fourth-order valence-corrected chi connectivity index (χ4v) is 13.9. The van der Waals surface area contributed by atoms with Gasteiger partial charge in [0.1, 0.15) is 57.9 Å². The molecule has 0 aromatic carbocycles. The molecule has 4 saturated carbocycles. The first-order chi connectivity index (χ1) is 61.0. The van der Waals surface area contributed by atoms with Crippen LogP contribution in [0.2, 0.25) is 5.15 Å². The van der Waals surface area contributed by atoms with Gasteiger partial charge in [0.15, 0.2) is 0 Å². The van der Waals surface area contributed by atoms with Crippen LogP contribution in [0.5, 0.6) is 17.6 Å². The fourth-order valence-electron chi connectivity index (χ4n) is 13.7. The van der Waals surface area contributed by atoms with E-state index in [1.165, 1.54) is 15.8 Å². The highest BCUT2D eigenvalue weighted by molar-refractivity contribution is 6.63. The van der Waals surface area contributed by atoms with Crippen LogP contribution in [0.25, 0.3) is 17.8 Å². The van der Waals surface area contributed by atoms with Gasteiger partial charge in [-0.25, -0.2) is 63.8 Å². The Bertz CT molecular complexity index is 4930. The number of amides is 3. The summed E-state index contributed by atoms with van der Waals surface area (Å²) in [4.78, 5) is 89.3. The Hall–Kier alpha value is -10.6. The monoisotopic (exact) mass is 1870 g/mol. The van der Waals surface area contributed by atoms with E-state index in [1.807, 2.05) is 94.4 Å². The van der Waals surface area contributed by atoms with Gasteiger partial charge in [-0.05, 0) is 156 Å². The normalized spacial score (nSPS) is 19.1. The summed E-state index contributed by atoms with van der Waals surface area (Å²) in [7, 11) is 0. The van der Waals surface area contributed by atoms with Crippen LogP contribution in [0, 0.1) is 32.6 Å². The number of allylic oxidation sites excluding steroid dienone is 2. The first-order valence-electron chi connectivity index (χ1n) is 43.6. The molecule has 34 nitrogen and oxygen atoms in total. The second-order valence-corrected chi connectivity index (χ2v) is 37.0. The predicted molar refractivity (Wildman–Crippen MR) is 473 cm³/mol. The highest BCUT2D eigenvalue weighted by Gasteiger charge is 2.42. The first-order valence-corrected chi connectivity index (χ1v) is 44.4. The zero-order valence-electron chi connectivity index (χ0n) is 75.7. The Balaban J connectivity index is 0.000000170. The molecule has 0 radical (unpaired) electrons. The second-order valence-electron chi connectivity index (χ2n) is 36.2. The maximum absolute atomic E-state index is 13.5. The number of alkyl halides is 8. The van der Waals surface area contributed by atoms with Crippen LogP contribution in [-0.2, 0) is 19.1 Å². The molecule has 4 aliphatic heterocycles. The van der Waals surface area contributed by atoms with Gasteiger partial charge in [-0.2, -0.15) is 55.2 Å². The zero-order chi connectivity index (χ0) is 94.8. The van der Waals surface area contributed by atoms with E-state index in [9.17, 15) is 54.3 Å². The molecule has 0 spiro atoms. The quantitative estimate of drug-likeness (QED) is 0.0152.